The highest BCUT2D eigenvalue weighted by Crippen LogP contribution is 2.39. The Morgan fingerprint density at radius 2 is 0.871 bits per heavy atom. The van der Waals surface area contributed by atoms with Crippen LogP contribution in [0.3, 0.4) is 0 Å². The summed E-state index contributed by atoms with van der Waals surface area (Å²) < 4.78 is 0. The topological polar surface area (TPSA) is 38.7 Å². The molecule has 31 heavy (non-hydrogen) atoms. The Morgan fingerprint density at radius 3 is 1.39 bits per heavy atom. The van der Waals surface area contributed by atoms with Crippen molar-refractivity contribution in [2.75, 3.05) is 0 Å². The summed E-state index contributed by atoms with van der Waals surface area (Å²) in [4.78, 5) is 13.8. The van der Waals surface area contributed by atoms with Crippen LogP contribution in [0.5, 0.6) is 0 Å². The quantitative estimate of drug-likeness (QED) is 0.309. The summed E-state index contributed by atoms with van der Waals surface area (Å²) >= 11 is 6.38. The molecule has 1 aromatic heterocycles. The van der Waals surface area contributed by atoms with Crippen molar-refractivity contribution in [3.05, 3.63) is 114 Å². The molecule has 5 rings (SSSR count). The van der Waals surface area contributed by atoms with E-state index < -0.39 is 0 Å². The van der Waals surface area contributed by atoms with Gasteiger partial charge in [-0.15, -0.1) is 0 Å². The zero-order chi connectivity index (χ0) is 21.0. The summed E-state index contributed by atoms with van der Waals surface area (Å²) in [5.74, 6) is 1.11. The minimum absolute atomic E-state index is 0.172. The largest absolute Gasteiger partial charge is 0.226 e. The van der Waals surface area contributed by atoms with Crippen LogP contribution >= 0.6 is 11.6 Å². The minimum Gasteiger partial charge on any atom is -0.208 e. The SMILES string of the molecule is Clc1nc(-c2ccccc2)nc(-c2c(-c3ccccc3)cccc2-c2ccccc2)n1. The highest BCUT2D eigenvalue weighted by atomic mass is 35.5. The third-order valence-electron chi connectivity index (χ3n) is 5.10. The monoisotopic (exact) mass is 419 g/mol. The van der Waals surface area contributed by atoms with E-state index in [0.29, 0.717) is 11.6 Å². The fraction of sp³-hybridized carbons (Fsp3) is 0. The van der Waals surface area contributed by atoms with Gasteiger partial charge in [-0.2, -0.15) is 9.97 Å². The molecule has 0 bridgehead atoms. The fourth-order valence-corrected chi connectivity index (χ4v) is 3.85. The van der Waals surface area contributed by atoms with Crippen molar-refractivity contribution in [1.29, 1.82) is 0 Å². The van der Waals surface area contributed by atoms with Crippen LogP contribution < -0.4 is 0 Å². The van der Waals surface area contributed by atoms with Gasteiger partial charge >= 0.3 is 0 Å². The highest BCUT2D eigenvalue weighted by Gasteiger charge is 2.18. The second-order valence-electron chi connectivity index (χ2n) is 7.08. The Morgan fingerprint density at radius 1 is 0.419 bits per heavy atom. The zero-order valence-electron chi connectivity index (χ0n) is 16.6. The first-order valence-electron chi connectivity index (χ1n) is 10.0. The fourth-order valence-electron chi connectivity index (χ4n) is 3.69. The van der Waals surface area contributed by atoms with E-state index in [9.17, 15) is 0 Å². The van der Waals surface area contributed by atoms with Gasteiger partial charge < -0.3 is 0 Å². The van der Waals surface area contributed by atoms with Crippen molar-refractivity contribution < 1.29 is 0 Å². The van der Waals surface area contributed by atoms with Gasteiger partial charge in [0.25, 0.3) is 0 Å². The van der Waals surface area contributed by atoms with E-state index >= 15 is 0 Å². The summed E-state index contributed by atoms with van der Waals surface area (Å²) in [7, 11) is 0. The molecule has 4 heteroatoms. The normalized spacial score (nSPS) is 10.7. The van der Waals surface area contributed by atoms with Crippen LogP contribution in [0.1, 0.15) is 0 Å². The van der Waals surface area contributed by atoms with Crippen LogP contribution in [0, 0.1) is 0 Å². The van der Waals surface area contributed by atoms with Crippen LogP contribution in [-0.2, 0) is 0 Å². The minimum atomic E-state index is 0.172. The molecule has 0 unspecified atom stereocenters. The average molecular weight is 420 g/mol. The van der Waals surface area contributed by atoms with Gasteiger partial charge in [0, 0.05) is 11.1 Å². The molecule has 0 radical (unpaired) electrons. The third-order valence-corrected chi connectivity index (χ3v) is 5.27. The van der Waals surface area contributed by atoms with E-state index in [0.717, 1.165) is 33.4 Å². The molecule has 5 aromatic rings. The van der Waals surface area contributed by atoms with Gasteiger partial charge in [-0.25, -0.2) is 4.98 Å². The van der Waals surface area contributed by atoms with Crippen LogP contribution in [0.15, 0.2) is 109 Å². The van der Waals surface area contributed by atoms with Crippen LogP contribution in [0.25, 0.3) is 45.0 Å². The van der Waals surface area contributed by atoms with Gasteiger partial charge in [-0.3, -0.25) is 0 Å². The maximum atomic E-state index is 6.38. The Kier molecular flexibility index (Phi) is 5.26. The molecule has 0 saturated heterocycles. The first-order valence-corrected chi connectivity index (χ1v) is 10.4. The van der Waals surface area contributed by atoms with Crippen LogP contribution in [0.2, 0.25) is 5.28 Å². The van der Waals surface area contributed by atoms with E-state index in [1.807, 2.05) is 66.7 Å². The van der Waals surface area contributed by atoms with Crippen molar-refractivity contribution in [2.24, 2.45) is 0 Å². The first-order chi connectivity index (χ1) is 15.3. The van der Waals surface area contributed by atoms with Crippen molar-refractivity contribution in [3.8, 4) is 45.0 Å². The molecule has 0 spiro atoms. The Labute approximate surface area is 186 Å². The van der Waals surface area contributed by atoms with Gasteiger partial charge in [0.15, 0.2) is 11.6 Å². The molecule has 148 valence electrons. The maximum Gasteiger partial charge on any atom is 0.226 e. The van der Waals surface area contributed by atoms with Gasteiger partial charge in [0.05, 0.1) is 0 Å². The Bertz CT molecular complexity index is 1260. The van der Waals surface area contributed by atoms with E-state index in [1.54, 1.807) is 0 Å². The molecule has 0 aliphatic carbocycles. The molecule has 0 N–H and O–H groups in total. The lowest BCUT2D eigenvalue weighted by molar-refractivity contribution is 1.07. The molecule has 3 nitrogen and oxygen atoms in total. The van der Waals surface area contributed by atoms with E-state index in [4.69, 9.17) is 16.6 Å². The average Bonchev–Trinajstić information content (AvgIpc) is 2.85. The number of nitrogens with zero attached hydrogens (tertiary/aromatic N) is 3. The maximum absolute atomic E-state index is 6.38. The lowest BCUT2D eigenvalue weighted by atomic mass is 9.91. The van der Waals surface area contributed by atoms with Crippen molar-refractivity contribution in [2.45, 2.75) is 0 Å². The molecular formula is C27H18ClN3. The van der Waals surface area contributed by atoms with Gasteiger partial charge in [-0.05, 0) is 33.9 Å². The molecule has 0 atom stereocenters. The summed E-state index contributed by atoms with van der Waals surface area (Å²) in [6.07, 6.45) is 0. The number of halogens is 1. The molecule has 0 saturated carbocycles. The summed E-state index contributed by atoms with van der Waals surface area (Å²) in [5, 5.41) is 0.172. The highest BCUT2D eigenvalue weighted by molar-refractivity contribution is 6.28. The van der Waals surface area contributed by atoms with Gasteiger partial charge in [0.2, 0.25) is 5.28 Å². The van der Waals surface area contributed by atoms with Crippen molar-refractivity contribution in [1.82, 2.24) is 15.0 Å². The Balaban J connectivity index is 1.80. The van der Waals surface area contributed by atoms with Gasteiger partial charge in [-0.1, -0.05) is 109 Å². The van der Waals surface area contributed by atoms with Crippen molar-refractivity contribution >= 4 is 11.6 Å². The number of aromatic nitrogens is 3. The lowest BCUT2D eigenvalue weighted by Gasteiger charge is -2.15. The van der Waals surface area contributed by atoms with Crippen LogP contribution in [-0.4, -0.2) is 15.0 Å². The lowest BCUT2D eigenvalue weighted by Crippen LogP contribution is -2.00. The standard InChI is InChI=1S/C27H18ClN3/c28-27-30-25(21-15-8-3-9-16-21)29-26(31-27)24-22(19-11-4-1-5-12-19)17-10-18-23(24)20-13-6-2-7-14-20/h1-18H. The van der Waals surface area contributed by atoms with Crippen molar-refractivity contribution in [3.63, 3.8) is 0 Å². The molecule has 0 aliphatic heterocycles. The molecule has 4 aromatic carbocycles. The second-order valence-corrected chi connectivity index (χ2v) is 7.42. The molecule has 0 fully saturated rings. The Hall–Kier alpha value is -3.82. The molecule has 0 aliphatic rings. The summed E-state index contributed by atoms with van der Waals surface area (Å²) in [6, 6.07) is 36.6. The first kappa shape index (κ1) is 19.2. The molecule has 0 amide bonds. The zero-order valence-corrected chi connectivity index (χ0v) is 17.4. The third kappa shape index (κ3) is 3.96. The van der Waals surface area contributed by atoms with Gasteiger partial charge in [0.1, 0.15) is 0 Å². The summed E-state index contributed by atoms with van der Waals surface area (Å²) in [6.45, 7) is 0. The smallest absolute Gasteiger partial charge is 0.208 e. The number of hydrogen-bond donors (Lipinski definition) is 0. The number of rotatable bonds is 4. The second kappa shape index (κ2) is 8.50. The summed E-state index contributed by atoms with van der Waals surface area (Å²) in [5.41, 5.74) is 6.10. The number of hydrogen-bond acceptors (Lipinski definition) is 3. The van der Waals surface area contributed by atoms with Crippen LogP contribution in [0.4, 0.5) is 0 Å². The molecular weight excluding hydrogens is 402 g/mol. The molecule has 1 heterocycles. The predicted octanol–water partition coefficient (Wildman–Crippen LogP) is 7.19. The van der Waals surface area contributed by atoms with E-state index in [-0.39, 0.29) is 5.28 Å². The van der Waals surface area contributed by atoms with E-state index in [1.165, 1.54) is 0 Å². The van der Waals surface area contributed by atoms with E-state index in [2.05, 4.69) is 52.4 Å². The predicted molar refractivity (Wildman–Crippen MR) is 127 cm³/mol. The number of benzene rings is 4.